The van der Waals surface area contributed by atoms with E-state index < -0.39 is 29.1 Å². The molecule has 1 aromatic carbocycles. The van der Waals surface area contributed by atoms with Crippen molar-refractivity contribution in [3.05, 3.63) is 34.0 Å². The molecule has 1 heterocycles. The zero-order valence-corrected chi connectivity index (χ0v) is 11.6. The highest BCUT2D eigenvalue weighted by Gasteiger charge is 2.18. The number of aromatic hydroxyl groups is 3. The monoisotopic (exact) mass is 309 g/mol. The molecule has 0 spiro atoms. The van der Waals surface area contributed by atoms with Crippen molar-refractivity contribution < 1.29 is 29.6 Å². The van der Waals surface area contributed by atoms with Gasteiger partial charge in [0, 0.05) is 5.56 Å². The third-order valence-corrected chi connectivity index (χ3v) is 3.51. The van der Waals surface area contributed by atoms with Crippen LogP contribution in [0.15, 0.2) is 23.6 Å². The summed E-state index contributed by atoms with van der Waals surface area (Å²) < 4.78 is 4.58. The number of phenolic OH excluding ortho intramolecular Hbond substituents is 3. The maximum absolute atomic E-state index is 12.0. The molecule has 0 saturated heterocycles. The van der Waals surface area contributed by atoms with Crippen LogP contribution in [-0.2, 0) is 4.74 Å². The molecule has 1 aromatic heterocycles. The van der Waals surface area contributed by atoms with Crippen molar-refractivity contribution in [3.8, 4) is 17.2 Å². The normalized spacial score (nSPS) is 10.1. The van der Waals surface area contributed by atoms with Crippen molar-refractivity contribution in [2.45, 2.75) is 0 Å². The highest BCUT2D eigenvalue weighted by Crippen LogP contribution is 2.35. The lowest BCUT2D eigenvalue weighted by molar-refractivity contribution is 0.0607. The summed E-state index contributed by atoms with van der Waals surface area (Å²) in [5, 5.41) is 32.0. The van der Waals surface area contributed by atoms with E-state index >= 15 is 0 Å². The number of esters is 1. The van der Waals surface area contributed by atoms with Gasteiger partial charge in [-0.25, -0.2) is 4.79 Å². The number of methoxy groups -OCH3 is 1. The molecule has 1 amide bonds. The molecule has 21 heavy (non-hydrogen) atoms. The van der Waals surface area contributed by atoms with Gasteiger partial charge in [0.2, 0.25) is 0 Å². The van der Waals surface area contributed by atoms with Crippen LogP contribution in [0.25, 0.3) is 0 Å². The molecule has 0 radical (unpaired) electrons. The van der Waals surface area contributed by atoms with Crippen LogP contribution in [0.2, 0.25) is 0 Å². The van der Waals surface area contributed by atoms with E-state index in [1.54, 1.807) is 5.38 Å². The van der Waals surface area contributed by atoms with Crippen molar-refractivity contribution >= 4 is 28.9 Å². The van der Waals surface area contributed by atoms with Crippen molar-refractivity contribution in [2.24, 2.45) is 0 Å². The minimum Gasteiger partial charge on any atom is -0.504 e. The topological polar surface area (TPSA) is 116 Å². The molecule has 2 rings (SSSR count). The molecule has 0 unspecified atom stereocenters. The van der Waals surface area contributed by atoms with Gasteiger partial charge in [0.1, 0.15) is 4.88 Å². The Bertz CT molecular complexity index is 685. The van der Waals surface area contributed by atoms with Gasteiger partial charge in [-0.1, -0.05) is 0 Å². The lowest BCUT2D eigenvalue weighted by Crippen LogP contribution is -2.13. The van der Waals surface area contributed by atoms with E-state index in [0.717, 1.165) is 23.5 Å². The minimum atomic E-state index is -0.711. The van der Waals surface area contributed by atoms with E-state index in [9.17, 15) is 24.9 Å². The molecular formula is C13H11NO6S. The van der Waals surface area contributed by atoms with Crippen molar-refractivity contribution in [1.29, 1.82) is 0 Å². The van der Waals surface area contributed by atoms with Crippen LogP contribution in [0.5, 0.6) is 17.2 Å². The highest BCUT2D eigenvalue weighted by atomic mass is 32.1. The molecule has 7 nitrogen and oxygen atoms in total. The van der Waals surface area contributed by atoms with E-state index in [1.807, 2.05) is 0 Å². The SMILES string of the molecule is COC(=O)c1sccc1NC(=O)c1cc(O)c(O)c(O)c1. The van der Waals surface area contributed by atoms with Crippen LogP contribution in [0.1, 0.15) is 20.0 Å². The van der Waals surface area contributed by atoms with E-state index in [0.29, 0.717) is 0 Å². The maximum atomic E-state index is 12.0. The summed E-state index contributed by atoms with van der Waals surface area (Å²) in [5.41, 5.74) is 0.175. The van der Waals surface area contributed by atoms with E-state index in [-0.39, 0.29) is 16.1 Å². The fourth-order valence-corrected chi connectivity index (χ4v) is 2.35. The summed E-state index contributed by atoms with van der Waals surface area (Å²) in [5.74, 6) is -3.21. The molecule has 0 fully saturated rings. The Balaban J connectivity index is 2.27. The number of benzene rings is 1. The van der Waals surface area contributed by atoms with Crippen molar-refractivity contribution in [3.63, 3.8) is 0 Å². The van der Waals surface area contributed by atoms with Crippen LogP contribution in [0, 0.1) is 0 Å². The van der Waals surface area contributed by atoms with Crippen LogP contribution < -0.4 is 5.32 Å². The number of carbonyl (C=O) groups excluding carboxylic acids is 2. The summed E-state index contributed by atoms with van der Waals surface area (Å²) in [4.78, 5) is 23.7. The molecular weight excluding hydrogens is 298 g/mol. The average molecular weight is 309 g/mol. The van der Waals surface area contributed by atoms with E-state index in [1.165, 1.54) is 13.2 Å². The number of ether oxygens (including phenoxy) is 1. The summed E-state index contributed by atoms with van der Waals surface area (Å²) in [7, 11) is 1.23. The quantitative estimate of drug-likeness (QED) is 0.508. The summed E-state index contributed by atoms with van der Waals surface area (Å²) in [6.07, 6.45) is 0. The lowest BCUT2D eigenvalue weighted by Gasteiger charge is -2.07. The number of carbonyl (C=O) groups is 2. The highest BCUT2D eigenvalue weighted by molar-refractivity contribution is 7.12. The number of hydrogen-bond donors (Lipinski definition) is 4. The first-order valence-corrected chi connectivity index (χ1v) is 6.54. The molecule has 8 heteroatoms. The molecule has 0 saturated carbocycles. The Morgan fingerprint density at radius 1 is 1.19 bits per heavy atom. The molecule has 4 N–H and O–H groups in total. The summed E-state index contributed by atoms with van der Waals surface area (Å²) in [6.45, 7) is 0. The van der Waals surface area contributed by atoms with Crippen LogP contribution >= 0.6 is 11.3 Å². The number of thiophene rings is 1. The number of anilines is 1. The van der Waals surface area contributed by atoms with Gasteiger partial charge in [-0.15, -0.1) is 11.3 Å². The second-order valence-corrected chi connectivity index (χ2v) is 4.89. The van der Waals surface area contributed by atoms with Crippen LogP contribution in [0.4, 0.5) is 5.69 Å². The molecule has 110 valence electrons. The van der Waals surface area contributed by atoms with E-state index in [4.69, 9.17) is 0 Å². The smallest absolute Gasteiger partial charge is 0.350 e. The summed E-state index contributed by atoms with van der Waals surface area (Å²) >= 11 is 1.10. The molecule has 0 aliphatic carbocycles. The summed E-state index contributed by atoms with van der Waals surface area (Å²) in [6, 6.07) is 3.51. The zero-order chi connectivity index (χ0) is 15.6. The maximum Gasteiger partial charge on any atom is 0.350 e. The average Bonchev–Trinajstić information content (AvgIpc) is 2.91. The fraction of sp³-hybridized carbons (Fsp3) is 0.0769. The number of nitrogens with one attached hydrogen (secondary N) is 1. The van der Waals surface area contributed by atoms with Crippen molar-refractivity contribution in [1.82, 2.24) is 0 Å². The van der Waals surface area contributed by atoms with Gasteiger partial charge in [0.25, 0.3) is 5.91 Å². The van der Waals surface area contributed by atoms with Gasteiger partial charge < -0.3 is 25.4 Å². The van der Waals surface area contributed by atoms with E-state index in [2.05, 4.69) is 10.1 Å². The molecule has 2 aromatic rings. The number of phenols is 3. The lowest BCUT2D eigenvalue weighted by atomic mass is 10.1. The molecule has 0 bridgehead atoms. The second-order valence-electron chi connectivity index (χ2n) is 3.97. The number of rotatable bonds is 3. The third kappa shape index (κ3) is 2.90. The Kier molecular flexibility index (Phi) is 3.99. The van der Waals surface area contributed by atoms with Gasteiger partial charge in [-0.3, -0.25) is 4.79 Å². The Morgan fingerprint density at radius 3 is 2.38 bits per heavy atom. The van der Waals surface area contributed by atoms with Gasteiger partial charge in [-0.2, -0.15) is 0 Å². The van der Waals surface area contributed by atoms with Gasteiger partial charge in [0.15, 0.2) is 17.2 Å². The second kappa shape index (κ2) is 5.71. The van der Waals surface area contributed by atoms with Gasteiger partial charge >= 0.3 is 5.97 Å². The van der Waals surface area contributed by atoms with Crippen LogP contribution in [-0.4, -0.2) is 34.3 Å². The Labute approximate surface area is 123 Å². The standard InChI is InChI=1S/C13H11NO6S/c1-20-13(19)11-7(2-3-21-11)14-12(18)6-4-8(15)10(17)9(16)5-6/h2-5,15-17H,1H3,(H,14,18). The predicted molar refractivity (Wildman–Crippen MR) is 75.0 cm³/mol. The first-order chi connectivity index (χ1) is 9.93. The number of amides is 1. The van der Waals surface area contributed by atoms with Gasteiger partial charge in [-0.05, 0) is 23.6 Å². The first kappa shape index (κ1) is 14.7. The predicted octanol–water partition coefficient (Wildman–Crippen LogP) is 1.90. The largest absolute Gasteiger partial charge is 0.504 e. The van der Waals surface area contributed by atoms with Crippen LogP contribution in [0.3, 0.4) is 0 Å². The Hall–Kier alpha value is -2.74. The molecule has 0 aliphatic rings. The third-order valence-electron chi connectivity index (χ3n) is 2.62. The Morgan fingerprint density at radius 2 is 1.81 bits per heavy atom. The van der Waals surface area contributed by atoms with Gasteiger partial charge in [0.05, 0.1) is 12.8 Å². The first-order valence-electron chi connectivity index (χ1n) is 5.66. The zero-order valence-electron chi connectivity index (χ0n) is 10.8. The molecule has 0 atom stereocenters. The molecule has 0 aliphatic heterocycles. The fourth-order valence-electron chi connectivity index (χ4n) is 1.59. The number of hydrogen-bond acceptors (Lipinski definition) is 7. The van der Waals surface area contributed by atoms with Crippen molar-refractivity contribution in [2.75, 3.05) is 12.4 Å². The minimum absolute atomic E-state index is 0.0789.